The Morgan fingerprint density at radius 3 is 2.81 bits per heavy atom. The van der Waals surface area contributed by atoms with Crippen LogP contribution in [0, 0.1) is 0 Å². The molecule has 1 fully saturated rings. The molecule has 0 N–H and O–H groups in total. The summed E-state index contributed by atoms with van der Waals surface area (Å²) in [5.41, 5.74) is 1.76. The molecule has 1 atom stereocenters. The van der Waals surface area contributed by atoms with Gasteiger partial charge in [-0.05, 0) is 59.7 Å². The molecule has 1 saturated heterocycles. The largest absolute Gasteiger partial charge is 0.484 e. The first-order chi connectivity index (χ1) is 12.8. The Hall–Kier alpha value is -3.29. The third-order valence-electron chi connectivity index (χ3n) is 4.41. The summed E-state index contributed by atoms with van der Waals surface area (Å²) in [6.45, 7) is 0.745. The smallest absolute Gasteiger partial charge is 0.261 e. The molecule has 0 saturated carbocycles. The molecule has 1 aromatic carbocycles. The van der Waals surface area contributed by atoms with E-state index < -0.39 is 0 Å². The van der Waals surface area contributed by atoms with Crippen molar-refractivity contribution in [2.24, 2.45) is 0 Å². The Morgan fingerprint density at radius 2 is 2.08 bits per heavy atom. The van der Waals surface area contributed by atoms with Crippen molar-refractivity contribution >= 4 is 5.91 Å². The highest BCUT2D eigenvalue weighted by Gasteiger charge is 2.30. The van der Waals surface area contributed by atoms with Crippen LogP contribution in [0.5, 0.6) is 5.75 Å². The first-order valence-corrected chi connectivity index (χ1v) is 8.48. The fraction of sp³-hybridized carbons (Fsp3) is 0.278. The van der Waals surface area contributed by atoms with Gasteiger partial charge in [-0.25, -0.2) is 4.68 Å². The molecule has 26 heavy (non-hydrogen) atoms. The number of ether oxygens (including phenoxy) is 1. The minimum absolute atomic E-state index is 0.00750. The number of carbonyl (C=O) groups excluding carboxylic acids is 1. The first kappa shape index (κ1) is 16.2. The molecule has 2 aromatic heterocycles. The number of aromatic nitrogens is 5. The molecule has 1 aliphatic rings. The van der Waals surface area contributed by atoms with E-state index in [0.717, 1.165) is 30.8 Å². The lowest BCUT2D eigenvalue weighted by Crippen LogP contribution is -2.34. The molecule has 1 amide bonds. The van der Waals surface area contributed by atoms with Crippen molar-refractivity contribution in [2.45, 2.75) is 18.9 Å². The maximum absolute atomic E-state index is 12.6. The standard InChI is InChI=1S/C18H18N6O2/c25-18(23-11-3-5-17(23)16-4-1-2-10-19-16)12-26-15-8-6-14(7-9-15)24-13-20-21-22-24/h1-2,4,6-10,13,17H,3,5,11-12H2. The zero-order chi connectivity index (χ0) is 17.8. The number of carbonyl (C=O) groups is 1. The van der Waals surface area contributed by atoms with Gasteiger partial charge in [0.15, 0.2) is 6.61 Å². The lowest BCUT2D eigenvalue weighted by molar-refractivity contribution is -0.134. The van der Waals surface area contributed by atoms with E-state index in [1.54, 1.807) is 23.0 Å². The van der Waals surface area contributed by atoms with Gasteiger partial charge in [0.1, 0.15) is 12.1 Å². The van der Waals surface area contributed by atoms with Gasteiger partial charge in [-0.15, -0.1) is 5.10 Å². The summed E-state index contributed by atoms with van der Waals surface area (Å²) in [6, 6.07) is 13.1. The van der Waals surface area contributed by atoms with Crippen LogP contribution in [0.1, 0.15) is 24.6 Å². The molecule has 0 radical (unpaired) electrons. The predicted octanol–water partition coefficient (Wildman–Crippen LogP) is 1.80. The van der Waals surface area contributed by atoms with Gasteiger partial charge in [0.25, 0.3) is 5.91 Å². The average molecular weight is 350 g/mol. The van der Waals surface area contributed by atoms with E-state index in [4.69, 9.17) is 4.74 Å². The van der Waals surface area contributed by atoms with Crippen molar-refractivity contribution in [3.8, 4) is 11.4 Å². The van der Waals surface area contributed by atoms with Crippen molar-refractivity contribution in [1.29, 1.82) is 0 Å². The fourth-order valence-corrected chi connectivity index (χ4v) is 3.15. The van der Waals surface area contributed by atoms with E-state index in [1.165, 1.54) is 6.33 Å². The molecule has 0 aliphatic carbocycles. The second-order valence-corrected chi connectivity index (χ2v) is 6.04. The van der Waals surface area contributed by atoms with E-state index in [0.29, 0.717) is 5.75 Å². The van der Waals surface area contributed by atoms with E-state index in [-0.39, 0.29) is 18.6 Å². The lowest BCUT2D eigenvalue weighted by atomic mass is 10.1. The number of nitrogens with zero attached hydrogens (tertiary/aromatic N) is 6. The number of hydrogen-bond donors (Lipinski definition) is 0. The Morgan fingerprint density at radius 1 is 1.19 bits per heavy atom. The average Bonchev–Trinajstić information content (AvgIpc) is 3.39. The van der Waals surface area contributed by atoms with Crippen LogP contribution in [0.2, 0.25) is 0 Å². The second kappa shape index (κ2) is 7.30. The van der Waals surface area contributed by atoms with E-state index in [2.05, 4.69) is 20.5 Å². The van der Waals surface area contributed by atoms with Gasteiger partial charge in [0.05, 0.1) is 17.4 Å². The van der Waals surface area contributed by atoms with Crippen LogP contribution in [0.25, 0.3) is 5.69 Å². The van der Waals surface area contributed by atoms with Crippen molar-refractivity contribution in [2.75, 3.05) is 13.2 Å². The Bertz CT molecular complexity index is 851. The highest BCUT2D eigenvalue weighted by molar-refractivity contribution is 5.78. The molecular weight excluding hydrogens is 332 g/mol. The second-order valence-electron chi connectivity index (χ2n) is 6.04. The molecule has 0 bridgehead atoms. The maximum Gasteiger partial charge on any atom is 0.261 e. The van der Waals surface area contributed by atoms with E-state index >= 15 is 0 Å². The van der Waals surface area contributed by atoms with Crippen LogP contribution in [-0.2, 0) is 4.79 Å². The van der Waals surface area contributed by atoms with Gasteiger partial charge in [0, 0.05) is 12.7 Å². The number of likely N-dealkylation sites (tertiary alicyclic amines) is 1. The Kier molecular flexibility index (Phi) is 4.55. The number of rotatable bonds is 5. The summed E-state index contributed by atoms with van der Waals surface area (Å²) in [5.74, 6) is 0.603. The summed E-state index contributed by atoms with van der Waals surface area (Å²) in [7, 11) is 0. The van der Waals surface area contributed by atoms with E-state index in [1.807, 2.05) is 35.2 Å². The molecule has 0 spiro atoms. The molecule has 132 valence electrons. The van der Waals surface area contributed by atoms with Gasteiger partial charge in [-0.1, -0.05) is 6.07 Å². The number of pyridine rings is 1. The van der Waals surface area contributed by atoms with Crippen molar-refractivity contribution in [3.05, 3.63) is 60.7 Å². The highest BCUT2D eigenvalue weighted by Crippen LogP contribution is 2.30. The SMILES string of the molecule is O=C(COc1ccc(-n2cnnn2)cc1)N1CCCC1c1ccccn1. The van der Waals surface area contributed by atoms with Crippen molar-refractivity contribution in [3.63, 3.8) is 0 Å². The molecular formula is C18H18N6O2. The summed E-state index contributed by atoms with van der Waals surface area (Å²) in [6.07, 6.45) is 5.19. The van der Waals surface area contributed by atoms with Crippen LogP contribution < -0.4 is 4.74 Å². The van der Waals surface area contributed by atoms with Gasteiger partial charge in [-0.3, -0.25) is 9.78 Å². The van der Waals surface area contributed by atoms with Crippen LogP contribution in [0.4, 0.5) is 0 Å². The summed E-state index contributed by atoms with van der Waals surface area (Å²) >= 11 is 0. The highest BCUT2D eigenvalue weighted by atomic mass is 16.5. The third kappa shape index (κ3) is 3.39. The topological polar surface area (TPSA) is 86.0 Å². The van der Waals surface area contributed by atoms with Crippen LogP contribution in [0.3, 0.4) is 0 Å². The zero-order valence-corrected chi connectivity index (χ0v) is 14.1. The van der Waals surface area contributed by atoms with Gasteiger partial charge in [-0.2, -0.15) is 0 Å². The lowest BCUT2D eigenvalue weighted by Gasteiger charge is -2.24. The quantitative estimate of drug-likeness (QED) is 0.697. The van der Waals surface area contributed by atoms with E-state index in [9.17, 15) is 4.79 Å². The number of amides is 1. The molecule has 4 rings (SSSR count). The van der Waals surface area contributed by atoms with Crippen LogP contribution in [-0.4, -0.2) is 49.1 Å². The molecule has 1 aliphatic heterocycles. The summed E-state index contributed by atoms with van der Waals surface area (Å²) in [4.78, 5) is 18.9. The van der Waals surface area contributed by atoms with Crippen molar-refractivity contribution in [1.82, 2.24) is 30.1 Å². The number of hydrogen-bond acceptors (Lipinski definition) is 6. The molecule has 3 heterocycles. The van der Waals surface area contributed by atoms with Gasteiger partial charge >= 0.3 is 0 Å². The Labute approximate surface area is 150 Å². The third-order valence-corrected chi connectivity index (χ3v) is 4.41. The minimum Gasteiger partial charge on any atom is -0.484 e. The predicted molar refractivity (Wildman–Crippen MR) is 92.6 cm³/mol. The summed E-state index contributed by atoms with van der Waals surface area (Å²) < 4.78 is 7.22. The first-order valence-electron chi connectivity index (χ1n) is 8.48. The Balaban J connectivity index is 1.37. The fourth-order valence-electron chi connectivity index (χ4n) is 3.15. The zero-order valence-electron chi connectivity index (χ0n) is 14.1. The number of tetrazole rings is 1. The molecule has 8 nitrogen and oxygen atoms in total. The number of benzene rings is 1. The minimum atomic E-state index is -0.0253. The maximum atomic E-state index is 12.6. The summed E-state index contributed by atoms with van der Waals surface area (Å²) in [5, 5.41) is 11.0. The van der Waals surface area contributed by atoms with Crippen LogP contribution in [0.15, 0.2) is 55.0 Å². The molecule has 8 heteroatoms. The normalized spacial score (nSPS) is 16.6. The van der Waals surface area contributed by atoms with Gasteiger partial charge in [0.2, 0.25) is 0 Å². The monoisotopic (exact) mass is 350 g/mol. The van der Waals surface area contributed by atoms with Gasteiger partial charge < -0.3 is 9.64 Å². The van der Waals surface area contributed by atoms with Crippen LogP contribution >= 0.6 is 0 Å². The molecule has 1 unspecified atom stereocenters. The van der Waals surface area contributed by atoms with Crippen molar-refractivity contribution < 1.29 is 9.53 Å². The molecule has 3 aromatic rings.